The average molecular weight is 247 g/mol. The highest BCUT2D eigenvalue weighted by molar-refractivity contribution is 5.54. The van der Waals surface area contributed by atoms with Crippen LogP contribution in [0.5, 0.6) is 5.75 Å². The Kier molecular flexibility index (Phi) is 3.56. The van der Waals surface area contributed by atoms with Gasteiger partial charge in [-0.15, -0.1) is 0 Å². The minimum atomic E-state index is 0.470. The molecule has 0 heterocycles. The van der Waals surface area contributed by atoms with Gasteiger partial charge < -0.3 is 10.1 Å². The van der Waals surface area contributed by atoms with Gasteiger partial charge in [0.25, 0.3) is 0 Å². The van der Waals surface area contributed by atoms with Gasteiger partial charge in [-0.3, -0.25) is 0 Å². The Hall–Kier alpha value is -1.18. The fourth-order valence-electron chi connectivity index (χ4n) is 3.21. The first-order valence-corrected chi connectivity index (χ1v) is 6.82. The van der Waals surface area contributed by atoms with Crippen molar-refractivity contribution in [3.8, 4) is 5.75 Å². The summed E-state index contributed by atoms with van der Waals surface area (Å²) in [4.78, 5) is 0. The molecule has 0 aromatic heterocycles. The molecular weight excluding hydrogens is 222 g/mol. The van der Waals surface area contributed by atoms with Crippen LogP contribution >= 0.6 is 0 Å². The normalized spacial score (nSPS) is 26.1. The fraction of sp³-hybridized carbons (Fsp3) is 0.625. The monoisotopic (exact) mass is 247 g/mol. The van der Waals surface area contributed by atoms with Gasteiger partial charge in [0, 0.05) is 11.7 Å². The molecule has 1 saturated carbocycles. The number of methoxy groups -OCH3 is 1. The van der Waals surface area contributed by atoms with Gasteiger partial charge in [-0.05, 0) is 54.9 Å². The van der Waals surface area contributed by atoms with Crippen molar-refractivity contribution in [2.75, 3.05) is 12.4 Å². The Morgan fingerprint density at radius 3 is 2.50 bits per heavy atom. The van der Waals surface area contributed by atoms with Crippen molar-refractivity contribution in [1.29, 1.82) is 0 Å². The van der Waals surface area contributed by atoms with E-state index in [-0.39, 0.29) is 0 Å². The third kappa shape index (κ3) is 2.80. The lowest BCUT2D eigenvalue weighted by Gasteiger charge is -2.21. The van der Waals surface area contributed by atoms with Crippen LogP contribution in [0.1, 0.15) is 39.2 Å². The highest BCUT2D eigenvalue weighted by Gasteiger charge is 2.36. The van der Waals surface area contributed by atoms with Crippen LogP contribution in [-0.2, 0) is 0 Å². The molecule has 1 N–H and O–H groups in total. The number of ether oxygens (including phenoxy) is 1. The maximum atomic E-state index is 5.25. The first-order valence-electron chi connectivity index (χ1n) is 6.82. The quantitative estimate of drug-likeness (QED) is 0.862. The topological polar surface area (TPSA) is 21.3 Å². The molecule has 0 aliphatic heterocycles. The second kappa shape index (κ2) is 4.83. The molecule has 0 radical (unpaired) electrons. The second-order valence-corrected chi connectivity index (χ2v) is 6.48. The van der Waals surface area contributed by atoms with Crippen LogP contribution in [-0.4, -0.2) is 13.2 Å². The van der Waals surface area contributed by atoms with Crippen LogP contribution in [0, 0.1) is 18.3 Å². The molecule has 1 fully saturated rings. The first kappa shape index (κ1) is 13.3. The van der Waals surface area contributed by atoms with E-state index in [1.807, 2.05) is 6.07 Å². The summed E-state index contributed by atoms with van der Waals surface area (Å²) in [5, 5.41) is 3.71. The molecule has 0 spiro atoms. The largest absolute Gasteiger partial charge is 0.497 e. The second-order valence-electron chi connectivity index (χ2n) is 6.48. The third-order valence-corrected chi connectivity index (χ3v) is 4.11. The predicted molar refractivity (Wildman–Crippen MR) is 77.3 cm³/mol. The Morgan fingerprint density at radius 2 is 2.00 bits per heavy atom. The zero-order chi connectivity index (χ0) is 13.3. The van der Waals surface area contributed by atoms with Crippen LogP contribution in [0.15, 0.2) is 18.2 Å². The zero-order valence-corrected chi connectivity index (χ0v) is 12.2. The van der Waals surface area contributed by atoms with Crippen molar-refractivity contribution >= 4 is 5.69 Å². The van der Waals surface area contributed by atoms with E-state index in [0.717, 1.165) is 11.7 Å². The van der Waals surface area contributed by atoms with Crippen LogP contribution in [0.2, 0.25) is 0 Å². The van der Waals surface area contributed by atoms with Crippen LogP contribution < -0.4 is 10.1 Å². The highest BCUT2D eigenvalue weighted by atomic mass is 16.5. The van der Waals surface area contributed by atoms with Gasteiger partial charge in [0.15, 0.2) is 0 Å². The van der Waals surface area contributed by atoms with E-state index >= 15 is 0 Å². The fourth-order valence-corrected chi connectivity index (χ4v) is 3.21. The van der Waals surface area contributed by atoms with Crippen molar-refractivity contribution in [2.24, 2.45) is 11.3 Å². The average Bonchev–Trinajstić information content (AvgIpc) is 2.54. The number of benzene rings is 1. The number of anilines is 1. The Labute approximate surface area is 111 Å². The van der Waals surface area contributed by atoms with E-state index < -0.39 is 0 Å². The molecule has 2 atom stereocenters. The van der Waals surface area contributed by atoms with Crippen LogP contribution in [0.4, 0.5) is 5.69 Å². The SMILES string of the molecule is COc1ccc(NC2CC(C)(C)CC2C)c(C)c1. The molecular formula is C16H25NO. The van der Waals surface area contributed by atoms with E-state index in [4.69, 9.17) is 4.74 Å². The standard InChI is InChI=1S/C16H25NO/c1-11-8-13(18-5)6-7-14(11)17-15-10-16(3,4)9-12(15)2/h6-8,12,15,17H,9-10H2,1-5H3. The van der Waals surface area contributed by atoms with Gasteiger partial charge in [-0.25, -0.2) is 0 Å². The molecule has 2 nitrogen and oxygen atoms in total. The summed E-state index contributed by atoms with van der Waals surface area (Å²) >= 11 is 0. The number of rotatable bonds is 3. The highest BCUT2D eigenvalue weighted by Crippen LogP contribution is 2.42. The third-order valence-electron chi connectivity index (χ3n) is 4.11. The summed E-state index contributed by atoms with van der Waals surface area (Å²) < 4.78 is 5.25. The van der Waals surface area contributed by atoms with Crippen molar-refractivity contribution in [3.05, 3.63) is 23.8 Å². The van der Waals surface area contributed by atoms with E-state index in [2.05, 4.69) is 45.1 Å². The predicted octanol–water partition coefficient (Wildman–Crippen LogP) is 4.24. The number of hydrogen-bond donors (Lipinski definition) is 1. The number of aryl methyl sites for hydroxylation is 1. The summed E-state index contributed by atoms with van der Waals surface area (Å²) in [6.45, 7) is 9.22. The first-order chi connectivity index (χ1) is 8.41. The van der Waals surface area contributed by atoms with Crippen molar-refractivity contribution < 1.29 is 4.74 Å². The summed E-state index contributed by atoms with van der Waals surface area (Å²) in [5.41, 5.74) is 2.97. The van der Waals surface area contributed by atoms with Crippen molar-refractivity contribution in [3.63, 3.8) is 0 Å². The maximum Gasteiger partial charge on any atom is 0.119 e. The molecule has 1 aliphatic rings. The minimum absolute atomic E-state index is 0.470. The lowest BCUT2D eigenvalue weighted by atomic mass is 9.91. The lowest BCUT2D eigenvalue weighted by molar-refractivity contribution is 0.366. The number of hydrogen-bond acceptors (Lipinski definition) is 2. The molecule has 0 saturated heterocycles. The summed E-state index contributed by atoms with van der Waals surface area (Å²) in [6, 6.07) is 6.84. The van der Waals surface area contributed by atoms with E-state index in [1.165, 1.54) is 24.1 Å². The molecule has 2 unspecified atom stereocenters. The van der Waals surface area contributed by atoms with Gasteiger partial charge in [0.1, 0.15) is 5.75 Å². The van der Waals surface area contributed by atoms with E-state index in [0.29, 0.717) is 11.5 Å². The molecule has 2 heteroatoms. The minimum Gasteiger partial charge on any atom is -0.497 e. The van der Waals surface area contributed by atoms with Crippen molar-refractivity contribution in [1.82, 2.24) is 0 Å². The molecule has 2 rings (SSSR count). The van der Waals surface area contributed by atoms with Crippen molar-refractivity contribution in [2.45, 2.75) is 46.6 Å². The summed E-state index contributed by atoms with van der Waals surface area (Å²) in [6.07, 6.45) is 2.56. The van der Waals surface area contributed by atoms with Gasteiger partial charge in [-0.2, -0.15) is 0 Å². The summed E-state index contributed by atoms with van der Waals surface area (Å²) in [7, 11) is 1.71. The molecule has 100 valence electrons. The molecule has 0 amide bonds. The van der Waals surface area contributed by atoms with Gasteiger partial charge in [0.2, 0.25) is 0 Å². The van der Waals surface area contributed by atoms with Crippen LogP contribution in [0.3, 0.4) is 0 Å². The van der Waals surface area contributed by atoms with E-state index in [9.17, 15) is 0 Å². The number of nitrogens with one attached hydrogen (secondary N) is 1. The molecule has 0 bridgehead atoms. The molecule has 1 aromatic rings. The summed E-state index contributed by atoms with van der Waals surface area (Å²) in [5.74, 6) is 1.67. The maximum absolute atomic E-state index is 5.25. The van der Waals surface area contributed by atoms with Gasteiger partial charge >= 0.3 is 0 Å². The molecule has 1 aromatic carbocycles. The van der Waals surface area contributed by atoms with Gasteiger partial charge in [-0.1, -0.05) is 20.8 Å². The lowest BCUT2D eigenvalue weighted by Crippen LogP contribution is -2.22. The zero-order valence-electron chi connectivity index (χ0n) is 12.2. The van der Waals surface area contributed by atoms with E-state index in [1.54, 1.807) is 7.11 Å². The smallest absolute Gasteiger partial charge is 0.119 e. The van der Waals surface area contributed by atoms with Crippen LogP contribution in [0.25, 0.3) is 0 Å². The Bertz CT molecular complexity index is 425. The Balaban J connectivity index is 2.10. The molecule has 18 heavy (non-hydrogen) atoms. The van der Waals surface area contributed by atoms with Gasteiger partial charge in [0.05, 0.1) is 7.11 Å². The Morgan fingerprint density at radius 1 is 1.28 bits per heavy atom. The molecule has 1 aliphatic carbocycles.